The third-order valence-electron chi connectivity index (χ3n) is 6.24. The summed E-state index contributed by atoms with van der Waals surface area (Å²) in [6, 6.07) is 6.39. The van der Waals surface area contributed by atoms with E-state index in [4.69, 9.17) is 4.74 Å². The summed E-state index contributed by atoms with van der Waals surface area (Å²) in [7, 11) is 0. The lowest BCUT2D eigenvalue weighted by atomic mass is 9.62. The zero-order valence-electron chi connectivity index (χ0n) is 17.9. The van der Waals surface area contributed by atoms with Crippen LogP contribution in [-0.4, -0.2) is 15.1 Å². The Kier molecular flexibility index (Phi) is 4.21. The number of non-ortho nitro benzene ring substituents is 1. The number of aliphatic hydroxyl groups excluding tert-OH is 2. The molecule has 0 spiro atoms. The second kappa shape index (κ2) is 6.24. The Morgan fingerprint density at radius 2 is 1.43 bits per heavy atom. The average molecular weight is 409 g/mol. The van der Waals surface area contributed by atoms with Crippen molar-refractivity contribution in [2.75, 3.05) is 0 Å². The molecular formula is C24H27NO5. The molecule has 0 bridgehead atoms. The number of rotatable bonds is 2. The number of allylic oxidation sites excluding steroid dienone is 6. The lowest BCUT2D eigenvalue weighted by molar-refractivity contribution is -0.384. The molecule has 6 nitrogen and oxygen atoms in total. The molecule has 1 aromatic carbocycles. The molecule has 4 rings (SSSR count). The number of hydrogen-bond acceptors (Lipinski definition) is 5. The first kappa shape index (κ1) is 20.3. The van der Waals surface area contributed by atoms with E-state index >= 15 is 0 Å². The summed E-state index contributed by atoms with van der Waals surface area (Å²) in [6.07, 6.45) is 4.75. The highest BCUT2D eigenvalue weighted by molar-refractivity contribution is 5.63. The van der Waals surface area contributed by atoms with Crippen molar-refractivity contribution in [2.45, 2.75) is 52.9 Å². The second-order valence-electron chi connectivity index (χ2n) is 10.0. The van der Waals surface area contributed by atoms with Crippen molar-refractivity contribution in [1.82, 2.24) is 0 Å². The minimum absolute atomic E-state index is 0.0382. The Balaban J connectivity index is 2.01. The largest absolute Gasteiger partial charge is 0.508 e. The van der Waals surface area contributed by atoms with Crippen LogP contribution in [0.5, 0.6) is 0 Å². The number of benzene rings is 1. The van der Waals surface area contributed by atoms with Gasteiger partial charge in [-0.25, -0.2) is 0 Å². The lowest BCUT2D eigenvalue weighted by Gasteiger charge is -2.46. The topological polar surface area (TPSA) is 92.8 Å². The van der Waals surface area contributed by atoms with Crippen molar-refractivity contribution in [3.8, 4) is 0 Å². The third-order valence-corrected chi connectivity index (χ3v) is 6.24. The molecule has 2 aliphatic carbocycles. The molecule has 0 unspecified atom stereocenters. The van der Waals surface area contributed by atoms with E-state index in [-0.39, 0.29) is 28.0 Å². The molecule has 0 fully saturated rings. The second-order valence-corrected chi connectivity index (χ2v) is 10.0. The number of hydrogen-bond donors (Lipinski definition) is 2. The highest BCUT2D eigenvalue weighted by Crippen LogP contribution is 2.57. The van der Waals surface area contributed by atoms with Crippen LogP contribution < -0.4 is 0 Å². The number of nitro benzene ring substituents is 1. The van der Waals surface area contributed by atoms with E-state index in [0.29, 0.717) is 41.1 Å². The van der Waals surface area contributed by atoms with E-state index < -0.39 is 10.3 Å². The van der Waals surface area contributed by atoms with Gasteiger partial charge in [-0.3, -0.25) is 10.1 Å². The highest BCUT2D eigenvalue weighted by atomic mass is 16.6. The van der Waals surface area contributed by atoms with Crippen LogP contribution in [0.15, 0.2) is 70.6 Å². The molecule has 6 heteroatoms. The SMILES string of the molecule is CC1(C)C=C(O)C2=C(C1)OC1=C(C(O)=CC(C)(C)C1)C2(C)c1cccc([N+](=O)[O-])c1. The smallest absolute Gasteiger partial charge is 0.269 e. The molecule has 0 saturated carbocycles. The highest BCUT2D eigenvalue weighted by Gasteiger charge is 2.51. The standard InChI is InChI=1S/C24H27NO5/c1-22(2)10-16(26)20-18(12-22)30-19-13-23(3,4)11-17(27)21(19)24(20,5)14-7-6-8-15(9-14)25(28)29/h6-11,26-27H,12-13H2,1-5H3. The maximum atomic E-state index is 11.4. The van der Waals surface area contributed by atoms with Crippen LogP contribution in [0.3, 0.4) is 0 Å². The number of nitro groups is 1. The maximum absolute atomic E-state index is 11.4. The first-order valence-electron chi connectivity index (χ1n) is 10.1. The summed E-state index contributed by atoms with van der Waals surface area (Å²) >= 11 is 0. The molecular weight excluding hydrogens is 382 g/mol. The van der Waals surface area contributed by atoms with Crippen molar-refractivity contribution in [2.24, 2.45) is 10.8 Å². The zero-order valence-corrected chi connectivity index (χ0v) is 17.9. The molecule has 158 valence electrons. The molecule has 2 N–H and O–H groups in total. The van der Waals surface area contributed by atoms with E-state index in [1.165, 1.54) is 12.1 Å². The van der Waals surface area contributed by atoms with Gasteiger partial charge in [0, 0.05) is 36.1 Å². The molecule has 1 aromatic rings. The normalized spacial score (nSPS) is 23.6. The van der Waals surface area contributed by atoms with E-state index in [0.717, 1.165) is 0 Å². The van der Waals surface area contributed by atoms with Crippen molar-refractivity contribution >= 4 is 5.69 Å². The van der Waals surface area contributed by atoms with Gasteiger partial charge in [-0.15, -0.1) is 0 Å². The monoisotopic (exact) mass is 409 g/mol. The van der Waals surface area contributed by atoms with Gasteiger partial charge in [-0.2, -0.15) is 0 Å². The van der Waals surface area contributed by atoms with Gasteiger partial charge < -0.3 is 14.9 Å². The first-order chi connectivity index (χ1) is 13.8. The first-order valence-corrected chi connectivity index (χ1v) is 10.1. The molecule has 0 saturated heterocycles. The zero-order chi connectivity index (χ0) is 22.1. The Labute approximate surface area is 176 Å². The minimum Gasteiger partial charge on any atom is -0.508 e. The fourth-order valence-corrected chi connectivity index (χ4v) is 5.01. The minimum atomic E-state index is -0.997. The van der Waals surface area contributed by atoms with E-state index in [1.54, 1.807) is 24.3 Å². The predicted octanol–water partition coefficient (Wildman–Crippen LogP) is 6.13. The van der Waals surface area contributed by atoms with Crippen LogP contribution in [0, 0.1) is 20.9 Å². The molecule has 1 aliphatic heterocycles. The fraction of sp³-hybridized carbons (Fsp3) is 0.417. The Bertz CT molecular complexity index is 1030. The van der Waals surface area contributed by atoms with Gasteiger partial charge in [0.05, 0.1) is 10.3 Å². The summed E-state index contributed by atoms with van der Waals surface area (Å²) in [5.74, 6) is 1.47. The summed E-state index contributed by atoms with van der Waals surface area (Å²) in [4.78, 5) is 11.0. The van der Waals surface area contributed by atoms with Crippen molar-refractivity contribution in [3.63, 3.8) is 0 Å². The molecule has 1 heterocycles. The Hall–Kier alpha value is -3.02. The summed E-state index contributed by atoms with van der Waals surface area (Å²) in [5.41, 5.74) is 0.104. The summed E-state index contributed by atoms with van der Waals surface area (Å²) < 4.78 is 6.32. The van der Waals surface area contributed by atoms with Gasteiger partial charge in [0.15, 0.2) is 0 Å². The van der Waals surface area contributed by atoms with Crippen LogP contribution in [0.2, 0.25) is 0 Å². The van der Waals surface area contributed by atoms with Crippen molar-refractivity contribution < 1.29 is 19.9 Å². The van der Waals surface area contributed by atoms with E-state index in [2.05, 4.69) is 0 Å². The number of aliphatic hydroxyl groups is 2. The van der Waals surface area contributed by atoms with Crippen molar-refractivity contribution in [3.05, 3.63) is 86.3 Å². The summed E-state index contributed by atoms with van der Waals surface area (Å²) in [5, 5.41) is 33.6. The van der Waals surface area contributed by atoms with E-state index in [1.807, 2.05) is 34.6 Å². The van der Waals surface area contributed by atoms with Gasteiger partial charge in [0.1, 0.15) is 23.0 Å². The van der Waals surface area contributed by atoms with Crippen LogP contribution in [0.1, 0.15) is 53.0 Å². The molecule has 0 atom stereocenters. The average Bonchev–Trinajstić information content (AvgIpc) is 2.58. The lowest BCUT2D eigenvalue weighted by Crippen LogP contribution is -2.40. The maximum Gasteiger partial charge on any atom is 0.269 e. The van der Waals surface area contributed by atoms with Gasteiger partial charge in [-0.05, 0) is 35.5 Å². The number of nitrogens with zero attached hydrogens (tertiary/aromatic N) is 1. The van der Waals surface area contributed by atoms with Gasteiger partial charge in [-0.1, -0.05) is 39.8 Å². The Morgan fingerprint density at radius 1 is 0.933 bits per heavy atom. The van der Waals surface area contributed by atoms with Crippen LogP contribution >= 0.6 is 0 Å². The molecule has 0 amide bonds. The molecule has 3 aliphatic rings. The molecule has 30 heavy (non-hydrogen) atoms. The predicted molar refractivity (Wildman–Crippen MR) is 114 cm³/mol. The van der Waals surface area contributed by atoms with Gasteiger partial charge >= 0.3 is 0 Å². The quantitative estimate of drug-likeness (QED) is 0.452. The van der Waals surface area contributed by atoms with Crippen LogP contribution in [-0.2, 0) is 10.2 Å². The fourth-order valence-electron chi connectivity index (χ4n) is 5.01. The summed E-state index contributed by atoms with van der Waals surface area (Å²) in [6.45, 7) is 9.98. The van der Waals surface area contributed by atoms with Gasteiger partial charge in [0.2, 0.25) is 0 Å². The Morgan fingerprint density at radius 3 is 1.90 bits per heavy atom. The third kappa shape index (κ3) is 3.02. The number of ether oxygens (including phenoxy) is 1. The molecule has 0 aromatic heterocycles. The van der Waals surface area contributed by atoms with Gasteiger partial charge in [0.25, 0.3) is 5.69 Å². The molecule has 0 radical (unpaired) electrons. The van der Waals surface area contributed by atoms with Crippen molar-refractivity contribution in [1.29, 1.82) is 0 Å². The van der Waals surface area contributed by atoms with Crippen LogP contribution in [0.25, 0.3) is 0 Å². The van der Waals surface area contributed by atoms with E-state index in [9.17, 15) is 20.3 Å². The van der Waals surface area contributed by atoms with Crippen LogP contribution in [0.4, 0.5) is 5.69 Å².